The van der Waals surface area contributed by atoms with Crippen LogP contribution in [0.25, 0.3) is 11.0 Å². The number of rotatable bonds is 6. The number of carbonyl (C=O) groups excluding carboxylic acids is 1. The predicted molar refractivity (Wildman–Crippen MR) is 90.8 cm³/mol. The van der Waals surface area contributed by atoms with Gasteiger partial charge in [0.2, 0.25) is 0 Å². The minimum Gasteiger partial charge on any atom is -0.395 e. The summed E-state index contributed by atoms with van der Waals surface area (Å²) < 4.78 is 2.09. The topological polar surface area (TPSA) is 87.0 Å². The number of para-hydroxylation sites is 2. The van der Waals surface area contributed by atoms with Crippen LogP contribution >= 0.6 is 0 Å². The van der Waals surface area contributed by atoms with Gasteiger partial charge in [-0.15, -0.1) is 0 Å². The lowest BCUT2D eigenvalue weighted by Gasteiger charge is -2.17. The summed E-state index contributed by atoms with van der Waals surface area (Å²) in [6, 6.07) is 9.71. The van der Waals surface area contributed by atoms with Crippen molar-refractivity contribution in [1.82, 2.24) is 24.6 Å². The number of aromatic nitrogens is 4. The molecular formula is C17H21N5O2. The summed E-state index contributed by atoms with van der Waals surface area (Å²) in [6.07, 6.45) is 0. The molecule has 0 bridgehead atoms. The molecule has 0 fully saturated rings. The highest BCUT2D eigenvalue weighted by Crippen LogP contribution is 2.17. The van der Waals surface area contributed by atoms with Crippen molar-refractivity contribution in [3.63, 3.8) is 0 Å². The van der Waals surface area contributed by atoms with Crippen LogP contribution in [0.1, 0.15) is 28.9 Å². The number of aryl methyl sites for hydroxylation is 1. The average Bonchev–Trinajstić information content (AvgIpc) is 3.18. The molecule has 0 atom stereocenters. The van der Waals surface area contributed by atoms with E-state index in [1.54, 1.807) is 11.0 Å². The molecule has 7 heteroatoms. The van der Waals surface area contributed by atoms with Crippen molar-refractivity contribution in [2.24, 2.45) is 0 Å². The van der Waals surface area contributed by atoms with Crippen molar-refractivity contribution in [2.75, 3.05) is 19.7 Å². The third-order valence-electron chi connectivity index (χ3n) is 4.06. The fourth-order valence-electron chi connectivity index (χ4n) is 2.80. The molecule has 126 valence electrons. The lowest BCUT2D eigenvalue weighted by Crippen LogP contribution is -2.33. The number of fused-ring (bicyclic) bond motifs is 1. The number of hydrogen-bond acceptors (Lipinski definition) is 4. The molecule has 0 saturated carbocycles. The van der Waals surface area contributed by atoms with E-state index >= 15 is 0 Å². The molecule has 0 spiro atoms. The Labute approximate surface area is 139 Å². The highest BCUT2D eigenvalue weighted by Gasteiger charge is 2.17. The molecule has 2 N–H and O–H groups in total. The van der Waals surface area contributed by atoms with Gasteiger partial charge >= 0.3 is 0 Å². The van der Waals surface area contributed by atoms with Gasteiger partial charge in [-0.1, -0.05) is 12.1 Å². The van der Waals surface area contributed by atoms with Crippen LogP contribution in [-0.2, 0) is 6.54 Å². The number of amides is 1. The Kier molecular flexibility index (Phi) is 4.61. The molecule has 3 aromatic rings. The molecular weight excluding hydrogens is 306 g/mol. The lowest BCUT2D eigenvalue weighted by atomic mass is 10.3. The van der Waals surface area contributed by atoms with Crippen LogP contribution in [-0.4, -0.2) is 55.4 Å². The standard InChI is InChI=1S/C17H21N5O2/c1-3-21(8-9-23)17(24)15-10-13(19-20-15)11-22-12(2)18-14-6-4-5-7-16(14)22/h4-7,10,23H,3,8-9,11H2,1-2H3,(H,19,20). The van der Waals surface area contributed by atoms with E-state index in [4.69, 9.17) is 5.11 Å². The largest absolute Gasteiger partial charge is 0.395 e. The van der Waals surface area contributed by atoms with Gasteiger partial charge in [0.25, 0.3) is 5.91 Å². The van der Waals surface area contributed by atoms with E-state index in [2.05, 4.69) is 19.7 Å². The van der Waals surface area contributed by atoms with Crippen molar-refractivity contribution in [3.8, 4) is 0 Å². The Morgan fingerprint density at radius 1 is 1.38 bits per heavy atom. The van der Waals surface area contributed by atoms with Crippen molar-refractivity contribution in [2.45, 2.75) is 20.4 Å². The first-order chi connectivity index (χ1) is 11.6. The number of nitrogens with zero attached hydrogens (tertiary/aromatic N) is 4. The molecule has 2 heterocycles. The highest BCUT2D eigenvalue weighted by atomic mass is 16.3. The van der Waals surface area contributed by atoms with E-state index in [0.717, 1.165) is 22.6 Å². The van der Waals surface area contributed by atoms with E-state index in [-0.39, 0.29) is 12.5 Å². The van der Waals surface area contributed by atoms with Gasteiger partial charge in [0.15, 0.2) is 0 Å². The van der Waals surface area contributed by atoms with Gasteiger partial charge in [-0.05, 0) is 32.0 Å². The Hall–Kier alpha value is -2.67. The summed E-state index contributed by atoms with van der Waals surface area (Å²) in [5.41, 5.74) is 3.20. The van der Waals surface area contributed by atoms with E-state index in [1.165, 1.54) is 0 Å². The minimum atomic E-state index is -0.179. The Morgan fingerprint density at radius 3 is 2.92 bits per heavy atom. The lowest BCUT2D eigenvalue weighted by molar-refractivity contribution is 0.0726. The van der Waals surface area contributed by atoms with Gasteiger partial charge in [0, 0.05) is 13.1 Å². The van der Waals surface area contributed by atoms with Crippen LogP contribution in [0.3, 0.4) is 0 Å². The average molecular weight is 327 g/mol. The first kappa shape index (κ1) is 16.2. The van der Waals surface area contributed by atoms with Gasteiger partial charge < -0.3 is 14.6 Å². The zero-order chi connectivity index (χ0) is 17.1. The van der Waals surface area contributed by atoms with Gasteiger partial charge in [-0.2, -0.15) is 5.10 Å². The molecule has 1 aromatic carbocycles. The highest BCUT2D eigenvalue weighted by molar-refractivity contribution is 5.92. The monoisotopic (exact) mass is 327 g/mol. The number of aliphatic hydroxyl groups is 1. The van der Waals surface area contributed by atoms with Gasteiger partial charge in [-0.25, -0.2) is 4.98 Å². The van der Waals surface area contributed by atoms with Crippen LogP contribution in [0.4, 0.5) is 0 Å². The fourth-order valence-corrected chi connectivity index (χ4v) is 2.80. The van der Waals surface area contributed by atoms with Crippen molar-refractivity contribution >= 4 is 16.9 Å². The number of hydrogen-bond donors (Lipinski definition) is 2. The number of likely N-dealkylation sites (N-methyl/N-ethyl adjacent to an activating group) is 1. The van der Waals surface area contributed by atoms with E-state index in [0.29, 0.717) is 25.3 Å². The number of aliphatic hydroxyl groups excluding tert-OH is 1. The number of benzene rings is 1. The second kappa shape index (κ2) is 6.84. The molecule has 0 aliphatic carbocycles. The molecule has 2 aromatic heterocycles. The molecule has 1 amide bonds. The van der Waals surface area contributed by atoms with Crippen LogP contribution in [0.5, 0.6) is 0 Å². The number of aromatic amines is 1. The normalized spacial score (nSPS) is 11.1. The third kappa shape index (κ3) is 3.03. The quantitative estimate of drug-likeness (QED) is 0.719. The summed E-state index contributed by atoms with van der Waals surface area (Å²) in [5, 5.41) is 16.1. The van der Waals surface area contributed by atoms with Crippen molar-refractivity contribution in [1.29, 1.82) is 0 Å². The molecule has 24 heavy (non-hydrogen) atoms. The number of imidazole rings is 1. The second-order valence-electron chi connectivity index (χ2n) is 5.62. The molecule has 0 radical (unpaired) electrons. The van der Waals surface area contributed by atoms with E-state index < -0.39 is 0 Å². The molecule has 0 aliphatic heterocycles. The van der Waals surface area contributed by atoms with Gasteiger partial charge in [0.05, 0.1) is 29.9 Å². The summed E-state index contributed by atoms with van der Waals surface area (Å²) in [4.78, 5) is 18.5. The van der Waals surface area contributed by atoms with E-state index in [1.807, 2.05) is 38.1 Å². The van der Waals surface area contributed by atoms with Crippen LogP contribution in [0.15, 0.2) is 30.3 Å². The number of nitrogens with one attached hydrogen (secondary N) is 1. The fraction of sp³-hybridized carbons (Fsp3) is 0.353. The Morgan fingerprint density at radius 2 is 2.17 bits per heavy atom. The zero-order valence-corrected chi connectivity index (χ0v) is 13.9. The zero-order valence-electron chi connectivity index (χ0n) is 13.9. The molecule has 3 rings (SSSR count). The van der Waals surface area contributed by atoms with Crippen LogP contribution in [0, 0.1) is 6.92 Å². The van der Waals surface area contributed by atoms with Gasteiger partial charge in [-0.3, -0.25) is 9.89 Å². The van der Waals surface area contributed by atoms with Crippen molar-refractivity contribution < 1.29 is 9.90 Å². The second-order valence-corrected chi connectivity index (χ2v) is 5.62. The maximum absolute atomic E-state index is 12.4. The number of H-pyrrole nitrogens is 1. The van der Waals surface area contributed by atoms with Crippen LogP contribution < -0.4 is 0 Å². The molecule has 0 saturated heterocycles. The summed E-state index contributed by atoms with van der Waals surface area (Å²) in [5.74, 6) is 0.732. The summed E-state index contributed by atoms with van der Waals surface area (Å²) in [7, 11) is 0. The Balaban J connectivity index is 1.83. The first-order valence-electron chi connectivity index (χ1n) is 8.00. The summed E-state index contributed by atoms with van der Waals surface area (Å²) >= 11 is 0. The Bertz CT molecular complexity index is 852. The first-order valence-corrected chi connectivity index (χ1v) is 8.00. The predicted octanol–water partition coefficient (Wildman–Crippen LogP) is 1.57. The SMILES string of the molecule is CCN(CCO)C(=O)c1cc(Cn2c(C)nc3ccccc32)[nH]n1. The molecule has 7 nitrogen and oxygen atoms in total. The molecule has 0 unspecified atom stereocenters. The third-order valence-corrected chi connectivity index (χ3v) is 4.06. The maximum atomic E-state index is 12.4. The van der Waals surface area contributed by atoms with Gasteiger partial charge in [0.1, 0.15) is 11.5 Å². The minimum absolute atomic E-state index is 0.0585. The van der Waals surface area contributed by atoms with Crippen molar-refractivity contribution in [3.05, 3.63) is 47.5 Å². The number of carbonyl (C=O) groups is 1. The van der Waals surface area contributed by atoms with E-state index in [9.17, 15) is 4.79 Å². The summed E-state index contributed by atoms with van der Waals surface area (Å²) in [6.45, 7) is 5.19. The molecule has 0 aliphatic rings. The van der Waals surface area contributed by atoms with Crippen LogP contribution in [0.2, 0.25) is 0 Å². The smallest absolute Gasteiger partial charge is 0.274 e. The maximum Gasteiger partial charge on any atom is 0.274 e.